The van der Waals surface area contributed by atoms with Crippen molar-refractivity contribution in [2.45, 2.75) is 11.4 Å². The minimum Gasteiger partial charge on any atom is -0.338 e. The van der Waals surface area contributed by atoms with Gasteiger partial charge in [0, 0.05) is 22.5 Å². The molecule has 3 aromatic rings. The lowest BCUT2D eigenvalue weighted by Crippen LogP contribution is -2.20. The fraction of sp³-hybridized carbons (Fsp3) is 0.111. The molecule has 0 spiro atoms. The molecule has 0 aliphatic heterocycles. The summed E-state index contributed by atoms with van der Waals surface area (Å²) in [6, 6.07) is 12.8. The predicted octanol–water partition coefficient (Wildman–Crippen LogP) is 3.50. The molecule has 1 amide bonds. The van der Waals surface area contributed by atoms with E-state index in [1.807, 2.05) is 30.5 Å². The van der Waals surface area contributed by atoms with Crippen LogP contribution >= 0.6 is 11.8 Å². The van der Waals surface area contributed by atoms with Crippen LogP contribution in [0.2, 0.25) is 0 Å². The SMILES string of the molecule is CSc1ccccc1NC(=O)Cn1ccc(=O)c2cc(F)ccc21. The summed E-state index contributed by atoms with van der Waals surface area (Å²) in [6.45, 7) is 0.0329. The number of hydrogen-bond acceptors (Lipinski definition) is 3. The molecular formula is C18H15FN2O2S. The van der Waals surface area contributed by atoms with Crippen molar-refractivity contribution in [3.05, 3.63) is 70.8 Å². The minimum absolute atomic E-state index is 0.0329. The lowest BCUT2D eigenvalue weighted by molar-refractivity contribution is -0.116. The van der Waals surface area contributed by atoms with E-state index < -0.39 is 5.82 Å². The molecule has 0 fully saturated rings. The number of hydrogen-bond donors (Lipinski definition) is 1. The van der Waals surface area contributed by atoms with Crippen molar-refractivity contribution >= 4 is 34.3 Å². The third-order valence-corrected chi connectivity index (χ3v) is 4.43. The molecular weight excluding hydrogens is 327 g/mol. The van der Waals surface area contributed by atoms with Gasteiger partial charge in [0.15, 0.2) is 5.43 Å². The highest BCUT2D eigenvalue weighted by atomic mass is 32.2. The van der Waals surface area contributed by atoms with Crippen LogP contribution in [0.5, 0.6) is 0 Å². The van der Waals surface area contributed by atoms with E-state index in [9.17, 15) is 14.0 Å². The molecule has 6 heteroatoms. The standard InChI is InChI=1S/C18H15FN2O2S/c1-24-17-5-3-2-4-14(17)20-18(23)11-21-9-8-16(22)13-10-12(19)6-7-15(13)21/h2-10H,11H2,1H3,(H,20,23). The molecule has 0 aliphatic carbocycles. The van der Waals surface area contributed by atoms with E-state index in [1.54, 1.807) is 22.5 Å². The summed E-state index contributed by atoms with van der Waals surface area (Å²) >= 11 is 1.55. The van der Waals surface area contributed by atoms with Gasteiger partial charge in [-0.3, -0.25) is 9.59 Å². The van der Waals surface area contributed by atoms with E-state index >= 15 is 0 Å². The van der Waals surface area contributed by atoms with Gasteiger partial charge in [-0.1, -0.05) is 12.1 Å². The number of nitrogens with zero attached hydrogens (tertiary/aromatic N) is 1. The summed E-state index contributed by atoms with van der Waals surface area (Å²) in [6.07, 6.45) is 3.48. The fourth-order valence-corrected chi connectivity index (χ4v) is 3.07. The number of carbonyl (C=O) groups excluding carboxylic acids is 1. The summed E-state index contributed by atoms with van der Waals surface area (Å²) in [7, 11) is 0. The molecule has 4 nitrogen and oxygen atoms in total. The van der Waals surface area contributed by atoms with Crippen LogP contribution in [0.3, 0.4) is 0 Å². The molecule has 1 aromatic heterocycles. The van der Waals surface area contributed by atoms with E-state index in [2.05, 4.69) is 5.32 Å². The lowest BCUT2D eigenvalue weighted by Gasteiger charge is -2.12. The summed E-state index contributed by atoms with van der Waals surface area (Å²) in [5.74, 6) is -0.693. The van der Waals surface area contributed by atoms with Crippen molar-refractivity contribution in [3.8, 4) is 0 Å². The van der Waals surface area contributed by atoms with Gasteiger partial charge in [-0.05, 0) is 36.6 Å². The Hall–Kier alpha value is -2.60. The molecule has 0 aliphatic rings. The molecule has 3 rings (SSSR count). The Kier molecular flexibility index (Phi) is 4.66. The molecule has 2 aromatic carbocycles. The zero-order chi connectivity index (χ0) is 17.1. The van der Waals surface area contributed by atoms with Crippen LogP contribution in [-0.2, 0) is 11.3 Å². The van der Waals surface area contributed by atoms with Crippen molar-refractivity contribution < 1.29 is 9.18 Å². The third kappa shape index (κ3) is 3.33. The van der Waals surface area contributed by atoms with Crippen molar-refractivity contribution in [3.63, 3.8) is 0 Å². The summed E-state index contributed by atoms with van der Waals surface area (Å²) in [4.78, 5) is 25.2. The Morgan fingerprint density at radius 3 is 2.79 bits per heavy atom. The maximum atomic E-state index is 13.4. The first-order valence-electron chi connectivity index (χ1n) is 7.30. The predicted molar refractivity (Wildman–Crippen MR) is 95.0 cm³/mol. The van der Waals surface area contributed by atoms with Gasteiger partial charge < -0.3 is 9.88 Å². The first-order chi connectivity index (χ1) is 11.6. The monoisotopic (exact) mass is 342 g/mol. The summed E-state index contributed by atoms with van der Waals surface area (Å²) in [5.41, 5.74) is 0.998. The Labute approximate surface area is 142 Å². The highest BCUT2D eigenvalue weighted by Gasteiger charge is 2.10. The first kappa shape index (κ1) is 16.3. The second-order valence-electron chi connectivity index (χ2n) is 5.22. The van der Waals surface area contributed by atoms with Crippen LogP contribution in [0, 0.1) is 5.82 Å². The molecule has 0 unspecified atom stereocenters. The zero-order valence-corrected chi connectivity index (χ0v) is 13.8. The summed E-state index contributed by atoms with van der Waals surface area (Å²) in [5, 5.41) is 3.13. The number of nitrogens with one attached hydrogen (secondary N) is 1. The molecule has 0 bridgehead atoms. The van der Waals surface area contributed by atoms with E-state index in [1.165, 1.54) is 24.3 Å². The number of pyridine rings is 1. The van der Waals surface area contributed by atoms with Crippen molar-refractivity contribution in [1.82, 2.24) is 4.57 Å². The number of amides is 1. The van der Waals surface area contributed by atoms with Gasteiger partial charge in [-0.15, -0.1) is 11.8 Å². The molecule has 0 atom stereocenters. The second-order valence-corrected chi connectivity index (χ2v) is 6.07. The van der Waals surface area contributed by atoms with E-state index in [0.29, 0.717) is 5.52 Å². The van der Waals surface area contributed by atoms with Gasteiger partial charge >= 0.3 is 0 Å². The van der Waals surface area contributed by atoms with Gasteiger partial charge in [0.1, 0.15) is 12.4 Å². The number of fused-ring (bicyclic) bond motifs is 1. The van der Waals surface area contributed by atoms with E-state index in [0.717, 1.165) is 10.6 Å². The second kappa shape index (κ2) is 6.88. The Bertz CT molecular complexity index is 969. The number of aromatic nitrogens is 1. The van der Waals surface area contributed by atoms with Gasteiger partial charge in [0.05, 0.1) is 11.2 Å². The maximum Gasteiger partial charge on any atom is 0.244 e. The maximum absolute atomic E-state index is 13.4. The third-order valence-electron chi connectivity index (χ3n) is 3.63. The number of rotatable bonds is 4. The Balaban J connectivity index is 1.89. The summed E-state index contributed by atoms with van der Waals surface area (Å²) < 4.78 is 15.0. The topological polar surface area (TPSA) is 51.1 Å². The lowest BCUT2D eigenvalue weighted by atomic mass is 10.2. The zero-order valence-electron chi connectivity index (χ0n) is 13.0. The molecule has 0 radical (unpaired) electrons. The van der Waals surface area contributed by atoms with Gasteiger partial charge in [0.25, 0.3) is 0 Å². The van der Waals surface area contributed by atoms with Gasteiger partial charge in [-0.25, -0.2) is 4.39 Å². The van der Waals surface area contributed by atoms with E-state index in [4.69, 9.17) is 0 Å². The van der Waals surface area contributed by atoms with Crippen molar-refractivity contribution in [2.24, 2.45) is 0 Å². The van der Waals surface area contributed by atoms with E-state index in [-0.39, 0.29) is 23.3 Å². The average molecular weight is 342 g/mol. The normalized spacial score (nSPS) is 10.8. The molecule has 1 N–H and O–H groups in total. The highest BCUT2D eigenvalue weighted by molar-refractivity contribution is 7.98. The fourth-order valence-electron chi connectivity index (χ4n) is 2.51. The van der Waals surface area contributed by atoms with Crippen LogP contribution in [0.4, 0.5) is 10.1 Å². The van der Waals surface area contributed by atoms with Crippen LogP contribution in [0.25, 0.3) is 10.9 Å². The minimum atomic E-state index is -0.476. The van der Waals surface area contributed by atoms with Crippen molar-refractivity contribution in [1.29, 1.82) is 0 Å². The Morgan fingerprint density at radius 1 is 1.21 bits per heavy atom. The number of para-hydroxylation sites is 1. The average Bonchev–Trinajstić information content (AvgIpc) is 2.58. The molecule has 24 heavy (non-hydrogen) atoms. The smallest absolute Gasteiger partial charge is 0.244 e. The van der Waals surface area contributed by atoms with Crippen LogP contribution in [0.1, 0.15) is 0 Å². The number of carbonyl (C=O) groups is 1. The Morgan fingerprint density at radius 2 is 2.00 bits per heavy atom. The largest absolute Gasteiger partial charge is 0.338 e. The van der Waals surface area contributed by atoms with Gasteiger partial charge in [-0.2, -0.15) is 0 Å². The highest BCUT2D eigenvalue weighted by Crippen LogP contribution is 2.24. The van der Waals surface area contributed by atoms with Crippen LogP contribution in [0.15, 0.2) is 64.4 Å². The quantitative estimate of drug-likeness (QED) is 0.738. The number of thioether (sulfide) groups is 1. The molecule has 122 valence electrons. The molecule has 1 heterocycles. The van der Waals surface area contributed by atoms with Crippen molar-refractivity contribution in [2.75, 3.05) is 11.6 Å². The van der Waals surface area contributed by atoms with Gasteiger partial charge in [0.2, 0.25) is 5.91 Å². The first-order valence-corrected chi connectivity index (χ1v) is 8.52. The number of halogens is 1. The van der Waals surface area contributed by atoms with Crippen LogP contribution < -0.4 is 10.7 Å². The number of benzene rings is 2. The number of anilines is 1. The molecule has 0 saturated carbocycles. The molecule has 0 saturated heterocycles. The van der Waals surface area contributed by atoms with Crippen LogP contribution in [-0.4, -0.2) is 16.7 Å².